The van der Waals surface area contributed by atoms with Crippen LogP contribution in [0.5, 0.6) is 0 Å². The first-order valence-electron chi connectivity index (χ1n) is 3.98. The second-order valence-electron chi connectivity index (χ2n) is 2.76. The number of nitrogens with zero attached hydrogens (tertiary/aromatic N) is 1. The van der Waals surface area contributed by atoms with E-state index in [-0.39, 0.29) is 0 Å². The van der Waals surface area contributed by atoms with Crippen LogP contribution in [0.1, 0.15) is 18.1 Å². The molecule has 0 bridgehead atoms. The van der Waals surface area contributed by atoms with Crippen molar-refractivity contribution < 1.29 is 0 Å². The van der Waals surface area contributed by atoms with Crippen LogP contribution in [0.2, 0.25) is 0 Å². The predicted molar refractivity (Wildman–Crippen MR) is 48.3 cm³/mol. The Hall–Kier alpha value is -0.980. The third-order valence-corrected chi connectivity index (χ3v) is 1.69. The molecule has 0 spiro atoms. The van der Waals surface area contributed by atoms with E-state index in [4.69, 9.17) is 0 Å². The zero-order valence-corrected chi connectivity index (χ0v) is 7.39. The van der Waals surface area contributed by atoms with Crippen LogP contribution in [-0.4, -0.2) is 6.54 Å². The van der Waals surface area contributed by atoms with Gasteiger partial charge in [-0.3, -0.25) is 5.32 Å². The summed E-state index contributed by atoms with van der Waals surface area (Å²) in [5, 5.41) is 4.37. The SMILES string of the molecule is CC[N]c1cc(C)ccc1C. The predicted octanol–water partition coefficient (Wildman–Crippen LogP) is 2.56. The molecule has 1 aromatic carbocycles. The van der Waals surface area contributed by atoms with Crippen LogP contribution in [0, 0.1) is 13.8 Å². The molecule has 0 heterocycles. The minimum absolute atomic E-state index is 0.865. The highest BCUT2D eigenvalue weighted by Gasteiger charge is 1.96. The number of benzene rings is 1. The van der Waals surface area contributed by atoms with Gasteiger partial charge < -0.3 is 0 Å². The van der Waals surface area contributed by atoms with E-state index in [2.05, 4.69) is 44.3 Å². The summed E-state index contributed by atoms with van der Waals surface area (Å²) in [6.07, 6.45) is 0. The molecular weight excluding hydrogens is 134 g/mol. The van der Waals surface area contributed by atoms with Gasteiger partial charge in [-0.25, -0.2) is 0 Å². The monoisotopic (exact) mass is 148 g/mol. The summed E-state index contributed by atoms with van der Waals surface area (Å²) in [7, 11) is 0. The van der Waals surface area contributed by atoms with Gasteiger partial charge in [-0.15, -0.1) is 0 Å². The van der Waals surface area contributed by atoms with Crippen LogP contribution in [-0.2, 0) is 0 Å². The van der Waals surface area contributed by atoms with Gasteiger partial charge in [-0.1, -0.05) is 12.1 Å². The molecule has 1 rings (SSSR count). The Morgan fingerprint density at radius 1 is 1.27 bits per heavy atom. The highest BCUT2D eigenvalue weighted by Crippen LogP contribution is 2.15. The molecule has 0 N–H and O–H groups in total. The Kier molecular flexibility index (Phi) is 2.53. The summed E-state index contributed by atoms with van der Waals surface area (Å²) in [6, 6.07) is 6.35. The fraction of sp³-hybridized carbons (Fsp3) is 0.400. The summed E-state index contributed by atoms with van der Waals surface area (Å²) in [4.78, 5) is 0. The Labute approximate surface area is 68.4 Å². The second kappa shape index (κ2) is 3.42. The highest BCUT2D eigenvalue weighted by molar-refractivity contribution is 5.46. The van der Waals surface area contributed by atoms with Crippen molar-refractivity contribution in [3.05, 3.63) is 29.3 Å². The minimum atomic E-state index is 0.865. The van der Waals surface area contributed by atoms with E-state index in [1.165, 1.54) is 11.1 Å². The number of hydrogen-bond acceptors (Lipinski definition) is 0. The molecule has 1 aromatic rings. The van der Waals surface area contributed by atoms with Gasteiger partial charge in [0.25, 0.3) is 0 Å². The summed E-state index contributed by atoms with van der Waals surface area (Å²) in [5.74, 6) is 0. The molecule has 1 nitrogen and oxygen atoms in total. The van der Waals surface area contributed by atoms with Crippen LogP contribution >= 0.6 is 0 Å². The largest absolute Gasteiger partial charge is 0.285 e. The van der Waals surface area contributed by atoms with Crippen LogP contribution in [0.25, 0.3) is 0 Å². The lowest BCUT2D eigenvalue weighted by Crippen LogP contribution is -1.97. The van der Waals surface area contributed by atoms with E-state index in [0.29, 0.717) is 0 Å². The first-order chi connectivity index (χ1) is 5.24. The van der Waals surface area contributed by atoms with Gasteiger partial charge in [0.15, 0.2) is 0 Å². The van der Waals surface area contributed by atoms with Crippen molar-refractivity contribution in [2.75, 3.05) is 6.54 Å². The zero-order chi connectivity index (χ0) is 8.27. The Morgan fingerprint density at radius 3 is 2.64 bits per heavy atom. The third kappa shape index (κ3) is 1.97. The Balaban J connectivity index is 2.93. The molecule has 0 aliphatic carbocycles. The molecule has 11 heavy (non-hydrogen) atoms. The molecule has 0 aromatic heterocycles. The van der Waals surface area contributed by atoms with Gasteiger partial charge in [-0.05, 0) is 38.0 Å². The van der Waals surface area contributed by atoms with Crippen molar-refractivity contribution in [2.45, 2.75) is 20.8 Å². The summed E-state index contributed by atoms with van der Waals surface area (Å²) in [6.45, 7) is 7.11. The van der Waals surface area contributed by atoms with E-state index in [9.17, 15) is 0 Å². The lowest BCUT2D eigenvalue weighted by Gasteiger charge is -2.04. The van der Waals surface area contributed by atoms with Gasteiger partial charge in [0.1, 0.15) is 0 Å². The van der Waals surface area contributed by atoms with E-state index in [1.807, 2.05) is 0 Å². The minimum Gasteiger partial charge on any atom is -0.285 e. The summed E-state index contributed by atoms with van der Waals surface area (Å²) >= 11 is 0. The van der Waals surface area contributed by atoms with E-state index < -0.39 is 0 Å². The van der Waals surface area contributed by atoms with Crippen molar-refractivity contribution in [2.24, 2.45) is 0 Å². The number of aryl methyl sites for hydroxylation is 2. The maximum atomic E-state index is 4.37. The molecule has 0 saturated heterocycles. The molecule has 0 aliphatic rings. The fourth-order valence-electron chi connectivity index (χ4n) is 1.06. The molecule has 59 valence electrons. The third-order valence-electron chi connectivity index (χ3n) is 1.69. The second-order valence-corrected chi connectivity index (χ2v) is 2.76. The first-order valence-corrected chi connectivity index (χ1v) is 3.98. The van der Waals surface area contributed by atoms with Crippen molar-refractivity contribution in [1.29, 1.82) is 0 Å². The standard InChI is InChI=1S/C10H14N/c1-4-11-10-7-8(2)5-6-9(10)3/h5-7H,4H2,1-3H3. The summed E-state index contributed by atoms with van der Waals surface area (Å²) in [5.41, 5.74) is 3.67. The van der Waals surface area contributed by atoms with Crippen molar-refractivity contribution in [3.63, 3.8) is 0 Å². The van der Waals surface area contributed by atoms with Crippen LogP contribution < -0.4 is 5.32 Å². The zero-order valence-electron chi connectivity index (χ0n) is 7.39. The normalized spacial score (nSPS) is 9.73. The Morgan fingerprint density at radius 2 is 2.00 bits per heavy atom. The molecular formula is C10H14N. The Bertz CT molecular complexity index is 241. The van der Waals surface area contributed by atoms with Gasteiger partial charge in [0.05, 0.1) is 5.69 Å². The number of rotatable bonds is 2. The molecule has 0 amide bonds. The maximum Gasteiger partial charge on any atom is 0.0605 e. The van der Waals surface area contributed by atoms with Crippen molar-refractivity contribution in [3.8, 4) is 0 Å². The maximum absolute atomic E-state index is 4.37. The quantitative estimate of drug-likeness (QED) is 0.612. The fourth-order valence-corrected chi connectivity index (χ4v) is 1.06. The van der Waals surface area contributed by atoms with E-state index >= 15 is 0 Å². The highest BCUT2D eigenvalue weighted by atomic mass is 14.9. The molecule has 0 aliphatic heterocycles. The van der Waals surface area contributed by atoms with E-state index in [0.717, 1.165) is 12.2 Å². The number of hydrogen-bond donors (Lipinski definition) is 0. The lowest BCUT2D eigenvalue weighted by molar-refractivity contribution is 0.904. The molecule has 0 fully saturated rings. The average Bonchev–Trinajstić information content (AvgIpc) is 1.98. The van der Waals surface area contributed by atoms with Gasteiger partial charge in [-0.2, -0.15) is 0 Å². The molecule has 1 radical (unpaired) electrons. The van der Waals surface area contributed by atoms with Gasteiger partial charge >= 0.3 is 0 Å². The van der Waals surface area contributed by atoms with E-state index in [1.54, 1.807) is 0 Å². The lowest BCUT2D eigenvalue weighted by atomic mass is 10.1. The van der Waals surface area contributed by atoms with Crippen LogP contribution in [0.4, 0.5) is 5.69 Å². The molecule has 0 atom stereocenters. The molecule has 0 saturated carbocycles. The van der Waals surface area contributed by atoms with Crippen molar-refractivity contribution >= 4 is 5.69 Å². The smallest absolute Gasteiger partial charge is 0.0605 e. The summed E-state index contributed by atoms with van der Waals surface area (Å²) < 4.78 is 0. The van der Waals surface area contributed by atoms with Gasteiger partial charge in [0.2, 0.25) is 0 Å². The average molecular weight is 148 g/mol. The first kappa shape index (κ1) is 8.12. The topological polar surface area (TPSA) is 14.1 Å². The van der Waals surface area contributed by atoms with Crippen LogP contribution in [0.3, 0.4) is 0 Å². The van der Waals surface area contributed by atoms with Crippen LogP contribution in [0.15, 0.2) is 18.2 Å². The molecule has 0 unspecified atom stereocenters. The van der Waals surface area contributed by atoms with Gasteiger partial charge in [0, 0.05) is 6.54 Å². The molecule has 1 heteroatoms. The van der Waals surface area contributed by atoms with Crippen molar-refractivity contribution in [1.82, 2.24) is 5.32 Å².